The van der Waals surface area contributed by atoms with E-state index in [1.165, 1.54) is 12.1 Å². The molecule has 0 unspecified atom stereocenters. The normalized spacial score (nSPS) is 24.5. The summed E-state index contributed by atoms with van der Waals surface area (Å²) in [5.41, 5.74) is 6.74. The Hall–Kier alpha value is -0.250. The Morgan fingerprint density at radius 3 is 2.69 bits per heavy atom. The Morgan fingerprint density at radius 1 is 1.62 bits per heavy atom. The van der Waals surface area contributed by atoms with Gasteiger partial charge in [0.05, 0.1) is 5.69 Å². The van der Waals surface area contributed by atoms with Crippen molar-refractivity contribution in [2.45, 2.75) is 12.3 Å². The summed E-state index contributed by atoms with van der Waals surface area (Å²) in [7, 11) is 1.95. The molecule has 1 aromatic rings. The van der Waals surface area contributed by atoms with Crippen LogP contribution in [0.4, 0.5) is 0 Å². The van der Waals surface area contributed by atoms with Gasteiger partial charge in [-0.2, -0.15) is 5.10 Å². The van der Waals surface area contributed by atoms with Gasteiger partial charge in [0.15, 0.2) is 0 Å². The quantitative estimate of drug-likeness (QED) is 0.823. The van der Waals surface area contributed by atoms with Gasteiger partial charge in [0, 0.05) is 19.2 Å². The van der Waals surface area contributed by atoms with Crippen molar-refractivity contribution in [3.05, 3.63) is 18.0 Å². The van der Waals surface area contributed by atoms with Gasteiger partial charge in [0.2, 0.25) is 0 Å². The number of nitrogens with two attached hydrogens (primary N) is 1. The predicted octanol–water partition coefficient (Wildman–Crippen LogP) is 1.33. The first-order chi connectivity index (χ1) is 5.31. The van der Waals surface area contributed by atoms with E-state index in [2.05, 4.69) is 11.2 Å². The summed E-state index contributed by atoms with van der Waals surface area (Å²) in [5, 5.41) is 4.33. The number of aryl methyl sites for hydroxylation is 1. The van der Waals surface area contributed by atoms with E-state index in [1.54, 1.807) is 0 Å². The number of hydrogen-bond donors (Lipinski definition) is 1. The molecule has 3 nitrogen and oxygen atoms in total. The summed E-state index contributed by atoms with van der Waals surface area (Å²) in [5.74, 6) is 1.35. The molecule has 1 heterocycles. The Labute approximate surface area is 90.5 Å². The van der Waals surface area contributed by atoms with Crippen LogP contribution < -0.4 is 5.73 Å². The monoisotopic (exact) mass is 223 g/mol. The van der Waals surface area contributed by atoms with Gasteiger partial charge >= 0.3 is 0 Å². The topological polar surface area (TPSA) is 43.8 Å². The fourth-order valence-corrected chi connectivity index (χ4v) is 1.50. The molecule has 0 aromatic carbocycles. The zero-order chi connectivity index (χ0) is 7.84. The van der Waals surface area contributed by atoms with Crippen molar-refractivity contribution in [2.75, 3.05) is 6.54 Å². The largest absolute Gasteiger partial charge is 0.330 e. The third kappa shape index (κ3) is 2.59. The smallest absolute Gasteiger partial charge is 0.0658 e. The van der Waals surface area contributed by atoms with Crippen molar-refractivity contribution >= 4 is 24.8 Å². The lowest BCUT2D eigenvalue weighted by atomic mass is 10.2. The number of nitrogens with zero attached hydrogens (tertiary/aromatic N) is 2. The number of halogens is 2. The minimum atomic E-state index is 0. The lowest BCUT2D eigenvalue weighted by Crippen LogP contribution is -2.02. The van der Waals surface area contributed by atoms with Crippen molar-refractivity contribution in [2.24, 2.45) is 18.7 Å². The lowest BCUT2D eigenvalue weighted by Gasteiger charge is -1.90. The highest BCUT2D eigenvalue weighted by Crippen LogP contribution is 2.45. The molecule has 0 aliphatic heterocycles. The molecule has 0 spiro atoms. The Kier molecular flexibility index (Phi) is 4.75. The first kappa shape index (κ1) is 12.8. The molecule has 0 bridgehead atoms. The van der Waals surface area contributed by atoms with E-state index in [1.807, 2.05) is 17.9 Å². The fraction of sp³-hybridized carbons (Fsp3) is 0.625. The van der Waals surface area contributed by atoms with Crippen LogP contribution in [-0.4, -0.2) is 16.3 Å². The molecule has 0 amide bonds. The van der Waals surface area contributed by atoms with Crippen molar-refractivity contribution < 1.29 is 0 Å². The molecule has 2 rings (SSSR count). The molecule has 1 fully saturated rings. The van der Waals surface area contributed by atoms with Crippen LogP contribution >= 0.6 is 24.8 Å². The van der Waals surface area contributed by atoms with Gasteiger partial charge < -0.3 is 5.73 Å². The molecule has 13 heavy (non-hydrogen) atoms. The zero-order valence-electron chi connectivity index (χ0n) is 7.51. The minimum Gasteiger partial charge on any atom is -0.330 e. The van der Waals surface area contributed by atoms with Crippen LogP contribution in [0.2, 0.25) is 0 Å². The summed E-state index contributed by atoms with van der Waals surface area (Å²) in [4.78, 5) is 0. The van der Waals surface area contributed by atoms with E-state index in [0.717, 1.165) is 6.54 Å². The van der Waals surface area contributed by atoms with E-state index >= 15 is 0 Å². The van der Waals surface area contributed by atoms with Crippen LogP contribution in [0.25, 0.3) is 0 Å². The van der Waals surface area contributed by atoms with Crippen LogP contribution in [0.1, 0.15) is 18.0 Å². The highest BCUT2D eigenvalue weighted by molar-refractivity contribution is 5.85. The van der Waals surface area contributed by atoms with E-state index in [-0.39, 0.29) is 24.8 Å². The molecular formula is C8H15Cl2N3. The van der Waals surface area contributed by atoms with Gasteiger partial charge in [-0.1, -0.05) is 0 Å². The maximum absolute atomic E-state index is 5.53. The molecule has 1 saturated carbocycles. The van der Waals surface area contributed by atoms with Gasteiger partial charge in [-0.15, -0.1) is 24.8 Å². The average molecular weight is 224 g/mol. The predicted molar refractivity (Wildman–Crippen MR) is 57.6 cm³/mol. The standard InChI is InChI=1S/C8H13N3.2ClH/c1-11-3-2-8(10-11)7-4-6(7)5-9;;/h2-3,6-7H,4-5,9H2,1H3;2*1H/t6-,7+;;/m0../s1. The van der Waals surface area contributed by atoms with E-state index in [0.29, 0.717) is 11.8 Å². The van der Waals surface area contributed by atoms with Crippen molar-refractivity contribution in [3.63, 3.8) is 0 Å². The molecule has 1 aromatic heterocycles. The highest BCUT2D eigenvalue weighted by atomic mass is 35.5. The second-order valence-electron chi connectivity index (χ2n) is 3.25. The van der Waals surface area contributed by atoms with Gasteiger partial charge in [-0.25, -0.2) is 0 Å². The average Bonchev–Trinajstić information content (AvgIpc) is 2.68. The molecule has 5 heteroatoms. The van der Waals surface area contributed by atoms with Crippen LogP contribution in [-0.2, 0) is 7.05 Å². The van der Waals surface area contributed by atoms with Gasteiger partial charge in [-0.05, 0) is 24.9 Å². The number of aromatic nitrogens is 2. The van der Waals surface area contributed by atoms with Crippen LogP contribution in [0.5, 0.6) is 0 Å². The highest BCUT2D eigenvalue weighted by Gasteiger charge is 2.38. The first-order valence-electron chi connectivity index (χ1n) is 4.01. The van der Waals surface area contributed by atoms with Crippen LogP contribution in [0.3, 0.4) is 0 Å². The molecule has 2 atom stereocenters. The third-order valence-corrected chi connectivity index (χ3v) is 2.34. The minimum absolute atomic E-state index is 0. The zero-order valence-corrected chi connectivity index (χ0v) is 9.14. The van der Waals surface area contributed by atoms with Crippen molar-refractivity contribution in [1.82, 2.24) is 9.78 Å². The number of hydrogen-bond acceptors (Lipinski definition) is 2. The fourth-order valence-electron chi connectivity index (χ4n) is 1.50. The van der Waals surface area contributed by atoms with Gasteiger partial charge in [0.1, 0.15) is 0 Å². The summed E-state index contributed by atoms with van der Waals surface area (Å²) < 4.78 is 1.85. The first-order valence-corrected chi connectivity index (χ1v) is 4.01. The van der Waals surface area contributed by atoms with E-state index in [4.69, 9.17) is 5.73 Å². The van der Waals surface area contributed by atoms with Gasteiger partial charge in [0.25, 0.3) is 0 Å². The third-order valence-electron chi connectivity index (χ3n) is 2.34. The molecule has 1 aliphatic rings. The molecule has 0 radical (unpaired) electrons. The Bertz CT molecular complexity index is 262. The molecule has 76 valence electrons. The maximum atomic E-state index is 5.53. The Balaban J connectivity index is 0.000000720. The van der Waals surface area contributed by atoms with E-state index in [9.17, 15) is 0 Å². The van der Waals surface area contributed by atoms with Crippen molar-refractivity contribution in [3.8, 4) is 0 Å². The summed E-state index contributed by atoms with van der Waals surface area (Å²) in [6.07, 6.45) is 3.22. The second-order valence-corrected chi connectivity index (χ2v) is 3.25. The van der Waals surface area contributed by atoms with Gasteiger partial charge in [-0.3, -0.25) is 4.68 Å². The van der Waals surface area contributed by atoms with E-state index < -0.39 is 0 Å². The maximum Gasteiger partial charge on any atom is 0.0658 e. The molecular weight excluding hydrogens is 209 g/mol. The Morgan fingerprint density at radius 2 is 2.31 bits per heavy atom. The summed E-state index contributed by atoms with van der Waals surface area (Å²) in [6, 6.07) is 2.08. The van der Waals surface area contributed by atoms with Crippen LogP contribution in [0, 0.1) is 5.92 Å². The molecule has 2 N–H and O–H groups in total. The summed E-state index contributed by atoms with van der Waals surface area (Å²) >= 11 is 0. The summed E-state index contributed by atoms with van der Waals surface area (Å²) in [6.45, 7) is 0.807. The van der Waals surface area contributed by atoms with Crippen LogP contribution in [0.15, 0.2) is 12.3 Å². The lowest BCUT2D eigenvalue weighted by molar-refractivity contribution is 0.725. The molecule has 0 saturated heterocycles. The molecule has 1 aliphatic carbocycles. The SMILES string of the molecule is Cl.Cl.Cn1ccc([C@@H]2C[C@H]2CN)n1. The number of rotatable bonds is 2. The van der Waals surface area contributed by atoms with Crippen molar-refractivity contribution in [1.29, 1.82) is 0 Å². The second kappa shape index (κ2) is 4.84.